The normalized spacial score (nSPS) is 12.1. The molecule has 6 aromatic heterocycles. The fourth-order valence-electron chi connectivity index (χ4n) is 15.1. The van der Waals surface area contributed by atoms with Crippen molar-refractivity contribution < 1.29 is 28.4 Å². The van der Waals surface area contributed by atoms with E-state index in [2.05, 4.69) is 275 Å². The average Bonchev–Trinajstić information content (AvgIpc) is 1.61. The van der Waals surface area contributed by atoms with E-state index >= 15 is 0 Å². The molecule has 8 aromatic carbocycles. The Morgan fingerprint density at radius 2 is 0.409 bits per heavy atom. The Kier molecular flexibility index (Phi) is 18.8. The van der Waals surface area contributed by atoms with E-state index in [0.717, 1.165) is 179 Å². The quantitative estimate of drug-likeness (QED) is 0.0508. The van der Waals surface area contributed by atoms with Crippen LogP contribution in [0.1, 0.15) is 45.6 Å². The molecule has 16 bridgehead atoms. The van der Waals surface area contributed by atoms with Crippen molar-refractivity contribution in [2.45, 2.75) is 0 Å². The highest BCUT2D eigenvalue weighted by Crippen LogP contribution is 2.44. The minimum atomic E-state index is 0.279. The van der Waals surface area contributed by atoms with Crippen LogP contribution in [0.3, 0.4) is 0 Å². The van der Waals surface area contributed by atoms with E-state index < -0.39 is 0 Å². The lowest BCUT2D eigenvalue weighted by Gasteiger charge is -2.14. The number of benzene rings is 8. The molecule has 4 aliphatic rings. The molecule has 14 heteroatoms. The van der Waals surface area contributed by atoms with Crippen LogP contribution >= 0.6 is 0 Å². The van der Waals surface area contributed by atoms with E-state index in [4.69, 9.17) is 48.4 Å². The number of rotatable bonds is 21. The van der Waals surface area contributed by atoms with Gasteiger partial charge in [-0.15, -0.1) is 0 Å². The molecule has 4 aliphatic heterocycles. The van der Waals surface area contributed by atoms with Gasteiger partial charge in [0.25, 0.3) is 0 Å². The highest BCUT2D eigenvalue weighted by atomic mass is 16.6. The van der Waals surface area contributed by atoms with E-state index in [1.165, 1.54) is 0 Å². The Hall–Kier alpha value is -13.9. The van der Waals surface area contributed by atoms with Gasteiger partial charge in [-0.05, 0) is 166 Å². The minimum Gasteiger partial charge on any atom is -0.493 e. The van der Waals surface area contributed by atoms with Crippen molar-refractivity contribution in [1.82, 2.24) is 39.9 Å². The first-order valence-electron chi connectivity index (χ1n) is 36.9. The zero-order valence-electron chi connectivity index (χ0n) is 60.5. The number of ether oxygens (including phenoxy) is 6. The fraction of sp³-hybridized carbons (Fsp3) is 0.0833. The van der Waals surface area contributed by atoms with E-state index in [1.54, 1.807) is 14.2 Å². The van der Waals surface area contributed by atoms with Gasteiger partial charge in [-0.25, -0.2) is 19.9 Å². The Morgan fingerprint density at radius 1 is 0.209 bits per heavy atom. The summed E-state index contributed by atoms with van der Waals surface area (Å²) in [5.41, 5.74) is 29.5. The third-order valence-electron chi connectivity index (χ3n) is 20.1. The Morgan fingerprint density at radius 3 is 0.618 bits per heavy atom. The van der Waals surface area contributed by atoms with Gasteiger partial charge in [0.2, 0.25) is 0 Å². The van der Waals surface area contributed by atoms with Crippen LogP contribution < -0.4 is 18.9 Å². The number of hydrogen-bond donors (Lipinski definition) is 4. The molecule has 0 spiro atoms. The lowest BCUT2D eigenvalue weighted by atomic mass is 10.0. The molecule has 0 atom stereocenters. The van der Waals surface area contributed by atoms with Gasteiger partial charge in [-0.2, -0.15) is 0 Å². The van der Waals surface area contributed by atoms with Crippen LogP contribution in [-0.4, -0.2) is 93.7 Å². The number of H-pyrrole nitrogens is 4. The molecule has 0 saturated heterocycles. The molecule has 0 fully saturated rings. The summed E-state index contributed by atoms with van der Waals surface area (Å²) < 4.78 is 37.1. The monoisotopic (exact) mass is 1430 g/mol. The second kappa shape index (κ2) is 30.5. The molecule has 110 heavy (non-hydrogen) atoms. The lowest BCUT2D eigenvalue weighted by molar-refractivity contribution is 0.0269. The van der Waals surface area contributed by atoms with Crippen molar-refractivity contribution in [3.8, 4) is 112 Å². The first-order valence-corrected chi connectivity index (χ1v) is 36.9. The lowest BCUT2D eigenvalue weighted by Crippen LogP contribution is -2.13. The Balaban J connectivity index is 0.584. The van der Waals surface area contributed by atoms with E-state index in [-0.39, 0.29) is 13.2 Å². The van der Waals surface area contributed by atoms with Crippen LogP contribution in [-0.2, 0) is 9.47 Å². The molecule has 534 valence electrons. The first-order chi connectivity index (χ1) is 54.4. The smallest absolute Gasteiger partial charge is 0.161 e. The summed E-state index contributed by atoms with van der Waals surface area (Å²) in [6.07, 6.45) is 16.9. The van der Waals surface area contributed by atoms with Crippen molar-refractivity contribution in [2.75, 3.05) is 53.9 Å². The minimum absolute atomic E-state index is 0.279. The van der Waals surface area contributed by atoms with Crippen LogP contribution in [0, 0.1) is 0 Å². The predicted octanol–water partition coefficient (Wildman–Crippen LogP) is 22.5. The molecule has 0 radical (unpaired) electrons. The summed E-state index contributed by atoms with van der Waals surface area (Å²) in [6, 6.07) is 91.7. The van der Waals surface area contributed by atoms with Crippen molar-refractivity contribution in [3.63, 3.8) is 0 Å². The highest BCUT2D eigenvalue weighted by Gasteiger charge is 2.24. The van der Waals surface area contributed by atoms with Gasteiger partial charge in [-0.1, -0.05) is 194 Å². The van der Waals surface area contributed by atoms with Crippen LogP contribution in [0.4, 0.5) is 0 Å². The van der Waals surface area contributed by atoms with Gasteiger partial charge in [0.15, 0.2) is 23.0 Å². The maximum Gasteiger partial charge on any atom is 0.161 e. The molecular weight excluding hydrogens is 1360 g/mol. The van der Waals surface area contributed by atoms with Gasteiger partial charge in [0, 0.05) is 88.6 Å². The van der Waals surface area contributed by atoms with Gasteiger partial charge < -0.3 is 48.4 Å². The van der Waals surface area contributed by atoms with E-state index in [0.29, 0.717) is 49.4 Å². The number of aromatic nitrogens is 8. The van der Waals surface area contributed by atoms with Gasteiger partial charge in [-0.3, -0.25) is 0 Å². The Bertz CT molecular complexity index is 5840. The third kappa shape index (κ3) is 13.6. The number of methoxy groups -OCH3 is 2. The molecular formula is C96H74N8O6. The molecule has 0 amide bonds. The number of nitrogens with one attached hydrogen (secondary N) is 4. The van der Waals surface area contributed by atoms with Crippen molar-refractivity contribution in [3.05, 3.63) is 312 Å². The van der Waals surface area contributed by atoms with Crippen LogP contribution in [0.15, 0.2) is 267 Å². The summed E-state index contributed by atoms with van der Waals surface area (Å²) in [7, 11) is 3.32. The highest BCUT2D eigenvalue weighted by molar-refractivity contribution is 6.03. The van der Waals surface area contributed by atoms with E-state index in [9.17, 15) is 0 Å². The molecule has 18 rings (SSSR count). The second-order valence-electron chi connectivity index (χ2n) is 26.9. The zero-order valence-corrected chi connectivity index (χ0v) is 60.5. The van der Waals surface area contributed by atoms with Crippen molar-refractivity contribution >= 4 is 92.7 Å². The SMILES string of the molecule is COc1cc(-c2c3nc(c(-c4ccccc4)c4ccc([nH]4)c(-c4ccccc4)c4nc(c(-c5ccccc5)c5ccc2[nH]5)C=C4)C=C3)ccc1OCCOCCOCCOc1ccc(-c2c3nc(c(-c4ccccc4)c4ccc([nH]4)c(-c4ccccc4)c4nc(c(-c5ccccc5)c5ccc2[nH]5)C=C4)C=C3)cc1OC. The van der Waals surface area contributed by atoms with Crippen molar-refractivity contribution in [1.29, 1.82) is 0 Å². The topological polar surface area (TPSA) is 170 Å². The Labute approximate surface area is 635 Å². The summed E-state index contributed by atoms with van der Waals surface area (Å²) in [5, 5.41) is 0. The first kappa shape index (κ1) is 67.9. The molecule has 0 unspecified atom stereocenters. The summed E-state index contributed by atoms with van der Waals surface area (Å²) in [4.78, 5) is 37.3. The fourth-order valence-corrected chi connectivity index (χ4v) is 15.1. The van der Waals surface area contributed by atoms with E-state index in [1.807, 2.05) is 60.7 Å². The number of fused-ring (bicyclic) bond motifs is 16. The van der Waals surface area contributed by atoms with Crippen molar-refractivity contribution in [2.24, 2.45) is 0 Å². The largest absolute Gasteiger partial charge is 0.493 e. The molecule has 0 aliphatic carbocycles. The van der Waals surface area contributed by atoms with Gasteiger partial charge in [0.1, 0.15) is 13.2 Å². The van der Waals surface area contributed by atoms with Crippen LogP contribution in [0.5, 0.6) is 23.0 Å². The number of aromatic amines is 4. The molecule has 14 aromatic rings. The maximum atomic E-state index is 6.38. The summed E-state index contributed by atoms with van der Waals surface area (Å²) >= 11 is 0. The maximum absolute atomic E-state index is 6.38. The molecule has 4 N–H and O–H groups in total. The number of nitrogens with zero attached hydrogens (tertiary/aromatic N) is 4. The average molecular weight is 1440 g/mol. The number of hydrogen-bond acceptors (Lipinski definition) is 10. The summed E-state index contributed by atoms with van der Waals surface area (Å²) in [6.45, 7) is 1.91. The standard InChI is InChI=1S/C96H74N8O6/c1-105-87-59-67(95-81-47-43-77(101-81)91(63-25-13-5-14-26-63)73-39-35-69(97-73)89(61-21-9-3-10-22-61)70-36-40-74(98-70)92(64-27-15-6-16-28-64)78-44-48-82(95)102-78)33-51-85(87)109-57-55-107-53-54-108-56-58-110-86-52-34-68(60-88(86)106-2)96-83-49-45-79(103-83)93(65-29-17-7-18-30-65)75-41-37-71(99-75)90(62-23-11-4-12-24-62)72-38-42-76(100-72)94(66-31-19-8-20-32-66)80-46-50-84(96)104-80/h3-52,59-60,97,99,102,104H,53-58H2,1-2H3. The molecule has 0 saturated carbocycles. The molecule has 14 nitrogen and oxygen atoms in total. The molecule has 10 heterocycles. The van der Waals surface area contributed by atoms with Gasteiger partial charge >= 0.3 is 0 Å². The summed E-state index contributed by atoms with van der Waals surface area (Å²) in [5.74, 6) is 2.29. The third-order valence-corrected chi connectivity index (χ3v) is 20.1. The predicted molar refractivity (Wildman–Crippen MR) is 447 cm³/mol. The second-order valence-corrected chi connectivity index (χ2v) is 26.9. The van der Waals surface area contributed by atoms with Crippen LogP contribution in [0.2, 0.25) is 0 Å². The van der Waals surface area contributed by atoms with Gasteiger partial charge in [0.05, 0.1) is 86.2 Å². The zero-order chi connectivity index (χ0) is 73.7. The van der Waals surface area contributed by atoms with Crippen LogP contribution in [0.25, 0.3) is 182 Å².